The van der Waals surface area contributed by atoms with Gasteiger partial charge in [0.2, 0.25) is 5.91 Å². The minimum atomic E-state index is -0.455. The van der Waals surface area contributed by atoms with Gasteiger partial charge < -0.3 is 9.42 Å². The Morgan fingerprint density at radius 3 is 2.63 bits per heavy atom. The Labute approximate surface area is 171 Å². The predicted octanol–water partition coefficient (Wildman–Crippen LogP) is 3.47. The summed E-state index contributed by atoms with van der Waals surface area (Å²) in [6, 6.07) is 11.4. The molecule has 0 bridgehead atoms. The molecule has 0 N–H and O–H groups in total. The van der Waals surface area contributed by atoms with Gasteiger partial charge in [-0.1, -0.05) is 17.3 Å². The summed E-state index contributed by atoms with van der Waals surface area (Å²) in [5, 5.41) is 4.06. The standard InChI is InChI=1S/C22H19FN4O3/c1-13-4-5-14(2)17(10-13)26(3)18(28)11-27-12-24-21-19(22(27)29)20(25-30-21)15-6-8-16(23)9-7-15/h4-10,12H,11H2,1-3H3. The van der Waals surface area contributed by atoms with E-state index in [0.29, 0.717) is 5.56 Å². The average molecular weight is 406 g/mol. The lowest BCUT2D eigenvalue weighted by Gasteiger charge is -2.20. The minimum absolute atomic E-state index is 0.0610. The van der Waals surface area contributed by atoms with Crippen molar-refractivity contribution in [1.29, 1.82) is 0 Å². The zero-order valence-electron chi connectivity index (χ0n) is 16.7. The number of benzene rings is 2. The Hall–Kier alpha value is -3.81. The summed E-state index contributed by atoms with van der Waals surface area (Å²) in [5.41, 5.74) is 3.14. The van der Waals surface area contributed by atoms with E-state index in [0.717, 1.165) is 16.8 Å². The number of carbonyl (C=O) groups excluding carboxylic acids is 1. The first-order valence-corrected chi connectivity index (χ1v) is 9.29. The second kappa shape index (κ2) is 7.55. The van der Waals surface area contributed by atoms with Crippen LogP contribution in [0.3, 0.4) is 0 Å². The first kappa shape index (κ1) is 19.5. The van der Waals surface area contributed by atoms with Crippen LogP contribution in [0.1, 0.15) is 11.1 Å². The summed E-state index contributed by atoms with van der Waals surface area (Å²) in [7, 11) is 1.67. The van der Waals surface area contributed by atoms with E-state index >= 15 is 0 Å². The number of anilines is 1. The monoisotopic (exact) mass is 406 g/mol. The molecule has 0 aliphatic carbocycles. The highest BCUT2D eigenvalue weighted by Crippen LogP contribution is 2.25. The van der Waals surface area contributed by atoms with Gasteiger partial charge in [0.1, 0.15) is 29.8 Å². The van der Waals surface area contributed by atoms with E-state index in [4.69, 9.17) is 4.52 Å². The van der Waals surface area contributed by atoms with E-state index in [-0.39, 0.29) is 29.2 Å². The second-order valence-electron chi connectivity index (χ2n) is 7.14. The first-order valence-electron chi connectivity index (χ1n) is 9.29. The molecule has 0 aliphatic rings. The highest BCUT2D eigenvalue weighted by atomic mass is 19.1. The highest BCUT2D eigenvalue weighted by molar-refractivity contribution is 5.94. The van der Waals surface area contributed by atoms with Gasteiger partial charge in [-0.15, -0.1) is 0 Å². The Balaban J connectivity index is 1.69. The van der Waals surface area contributed by atoms with Crippen molar-refractivity contribution in [3.05, 3.63) is 76.1 Å². The SMILES string of the molecule is Cc1ccc(C)c(N(C)C(=O)Cn2cnc3onc(-c4ccc(F)cc4)c3c2=O)c1. The summed E-state index contributed by atoms with van der Waals surface area (Å²) in [6.07, 6.45) is 1.26. The molecule has 0 saturated heterocycles. The molecule has 0 saturated carbocycles. The van der Waals surface area contributed by atoms with Crippen molar-refractivity contribution in [2.75, 3.05) is 11.9 Å². The molecule has 4 rings (SSSR count). The maximum absolute atomic E-state index is 13.2. The fourth-order valence-electron chi connectivity index (χ4n) is 3.26. The number of amides is 1. The third-order valence-electron chi connectivity index (χ3n) is 4.99. The molecule has 0 radical (unpaired) electrons. The Kier molecular flexibility index (Phi) is 4.91. The summed E-state index contributed by atoms with van der Waals surface area (Å²) in [6.45, 7) is 3.68. The van der Waals surface area contributed by atoms with Crippen LogP contribution in [-0.4, -0.2) is 27.7 Å². The number of nitrogens with zero attached hydrogens (tertiary/aromatic N) is 4. The van der Waals surface area contributed by atoms with Crippen molar-refractivity contribution >= 4 is 22.7 Å². The van der Waals surface area contributed by atoms with Crippen LogP contribution in [0.15, 0.2) is 58.1 Å². The van der Waals surface area contributed by atoms with Crippen LogP contribution in [-0.2, 0) is 11.3 Å². The maximum Gasteiger partial charge on any atom is 0.267 e. The van der Waals surface area contributed by atoms with Crippen molar-refractivity contribution in [3.8, 4) is 11.3 Å². The zero-order valence-corrected chi connectivity index (χ0v) is 16.7. The fraction of sp³-hybridized carbons (Fsp3) is 0.182. The quantitative estimate of drug-likeness (QED) is 0.518. The molecular formula is C22H19FN4O3. The third kappa shape index (κ3) is 3.47. The molecule has 2 aromatic carbocycles. The molecule has 0 fully saturated rings. The number of likely N-dealkylation sites (N-methyl/N-ethyl adjacent to an activating group) is 1. The van der Waals surface area contributed by atoms with E-state index in [1.807, 2.05) is 32.0 Å². The van der Waals surface area contributed by atoms with E-state index in [1.54, 1.807) is 7.05 Å². The molecular weight excluding hydrogens is 387 g/mol. The van der Waals surface area contributed by atoms with Crippen molar-refractivity contribution < 1.29 is 13.7 Å². The number of hydrogen-bond acceptors (Lipinski definition) is 5. The van der Waals surface area contributed by atoms with Crippen molar-refractivity contribution in [3.63, 3.8) is 0 Å². The Bertz CT molecular complexity index is 1310. The van der Waals surface area contributed by atoms with Gasteiger partial charge in [-0.3, -0.25) is 14.2 Å². The molecule has 0 unspecified atom stereocenters. The van der Waals surface area contributed by atoms with Gasteiger partial charge >= 0.3 is 0 Å². The Morgan fingerprint density at radius 1 is 1.17 bits per heavy atom. The molecule has 152 valence electrons. The largest absolute Gasteiger partial charge is 0.335 e. The summed E-state index contributed by atoms with van der Waals surface area (Å²) >= 11 is 0. The topological polar surface area (TPSA) is 81.2 Å². The molecule has 0 spiro atoms. The predicted molar refractivity (Wildman–Crippen MR) is 111 cm³/mol. The van der Waals surface area contributed by atoms with E-state index < -0.39 is 11.4 Å². The van der Waals surface area contributed by atoms with Crippen molar-refractivity contribution in [1.82, 2.24) is 14.7 Å². The lowest BCUT2D eigenvalue weighted by Crippen LogP contribution is -2.34. The fourth-order valence-corrected chi connectivity index (χ4v) is 3.26. The zero-order chi connectivity index (χ0) is 21.4. The van der Waals surface area contributed by atoms with Gasteiger partial charge in [0.05, 0.1) is 0 Å². The van der Waals surface area contributed by atoms with Crippen LogP contribution in [0, 0.1) is 19.7 Å². The van der Waals surface area contributed by atoms with Crippen LogP contribution in [0.25, 0.3) is 22.4 Å². The van der Waals surface area contributed by atoms with Crippen molar-refractivity contribution in [2.45, 2.75) is 20.4 Å². The lowest BCUT2D eigenvalue weighted by molar-refractivity contribution is -0.118. The number of rotatable bonds is 4. The smallest absolute Gasteiger partial charge is 0.267 e. The second-order valence-corrected chi connectivity index (χ2v) is 7.14. The number of aryl methyl sites for hydroxylation is 2. The molecule has 0 atom stereocenters. The lowest BCUT2D eigenvalue weighted by atomic mass is 10.1. The summed E-state index contributed by atoms with van der Waals surface area (Å²) in [4.78, 5) is 31.5. The summed E-state index contributed by atoms with van der Waals surface area (Å²) < 4.78 is 19.6. The summed E-state index contributed by atoms with van der Waals surface area (Å²) in [5.74, 6) is -0.672. The molecule has 7 nitrogen and oxygen atoms in total. The van der Waals surface area contributed by atoms with Crippen LogP contribution in [0.4, 0.5) is 10.1 Å². The Morgan fingerprint density at radius 2 is 1.90 bits per heavy atom. The van der Waals surface area contributed by atoms with Gasteiger partial charge in [0, 0.05) is 18.3 Å². The number of halogens is 1. The van der Waals surface area contributed by atoms with Gasteiger partial charge in [-0.05, 0) is 55.3 Å². The number of fused-ring (bicyclic) bond motifs is 1. The molecule has 2 aromatic heterocycles. The van der Waals surface area contributed by atoms with Crippen LogP contribution in [0.5, 0.6) is 0 Å². The van der Waals surface area contributed by atoms with E-state index in [1.165, 1.54) is 40.1 Å². The van der Waals surface area contributed by atoms with E-state index in [9.17, 15) is 14.0 Å². The molecule has 8 heteroatoms. The number of aromatic nitrogens is 3. The first-order chi connectivity index (χ1) is 14.3. The van der Waals surface area contributed by atoms with E-state index in [2.05, 4.69) is 10.1 Å². The normalized spacial score (nSPS) is 11.1. The molecule has 4 aromatic rings. The van der Waals surface area contributed by atoms with Crippen LogP contribution >= 0.6 is 0 Å². The molecule has 30 heavy (non-hydrogen) atoms. The minimum Gasteiger partial charge on any atom is -0.335 e. The maximum atomic E-state index is 13.2. The van der Waals surface area contributed by atoms with Crippen molar-refractivity contribution in [2.24, 2.45) is 0 Å². The number of carbonyl (C=O) groups is 1. The molecule has 2 heterocycles. The third-order valence-corrected chi connectivity index (χ3v) is 4.99. The van der Waals surface area contributed by atoms with Crippen LogP contribution < -0.4 is 10.5 Å². The van der Waals surface area contributed by atoms with Gasteiger partial charge in [0.25, 0.3) is 11.3 Å². The van der Waals surface area contributed by atoms with Crippen LogP contribution in [0.2, 0.25) is 0 Å². The van der Waals surface area contributed by atoms with Gasteiger partial charge in [-0.2, -0.15) is 0 Å². The van der Waals surface area contributed by atoms with Gasteiger partial charge in [-0.25, -0.2) is 9.37 Å². The molecule has 1 amide bonds. The number of hydrogen-bond donors (Lipinski definition) is 0. The average Bonchev–Trinajstić information content (AvgIpc) is 3.16. The highest BCUT2D eigenvalue weighted by Gasteiger charge is 2.20. The van der Waals surface area contributed by atoms with Gasteiger partial charge in [0.15, 0.2) is 0 Å². The molecule has 0 aliphatic heterocycles.